The van der Waals surface area contributed by atoms with Crippen molar-refractivity contribution in [3.05, 3.63) is 18.0 Å². The fraction of sp³-hybridized carbons (Fsp3) is 0.824. The van der Waals surface area contributed by atoms with Crippen LogP contribution in [0.2, 0.25) is 0 Å². The maximum atomic E-state index is 4.70. The molecular weight excluding hydrogens is 260 g/mol. The van der Waals surface area contributed by atoms with Crippen molar-refractivity contribution < 1.29 is 0 Å². The largest absolute Gasteiger partial charge is 0.311 e. The van der Waals surface area contributed by atoms with E-state index >= 15 is 0 Å². The molecule has 1 N–H and O–H groups in total. The fourth-order valence-electron chi connectivity index (χ4n) is 2.88. The SMILES string of the molecule is CC(C)n1ccc(CN2CCCCC2CNC(C)(C)C)n1. The van der Waals surface area contributed by atoms with Gasteiger partial charge in [-0.1, -0.05) is 6.42 Å². The van der Waals surface area contributed by atoms with Crippen molar-refractivity contribution >= 4 is 0 Å². The fourth-order valence-corrected chi connectivity index (χ4v) is 2.88. The molecule has 1 unspecified atom stereocenters. The maximum absolute atomic E-state index is 4.70. The van der Waals surface area contributed by atoms with Gasteiger partial charge < -0.3 is 5.32 Å². The lowest BCUT2D eigenvalue weighted by Gasteiger charge is -2.37. The van der Waals surface area contributed by atoms with E-state index < -0.39 is 0 Å². The van der Waals surface area contributed by atoms with Gasteiger partial charge in [-0.15, -0.1) is 0 Å². The molecule has 1 aliphatic rings. The molecule has 21 heavy (non-hydrogen) atoms. The molecule has 1 fully saturated rings. The Morgan fingerprint density at radius 1 is 1.33 bits per heavy atom. The van der Waals surface area contributed by atoms with Crippen molar-refractivity contribution in [3.63, 3.8) is 0 Å². The summed E-state index contributed by atoms with van der Waals surface area (Å²) in [6.45, 7) is 14.3. The van der Waals surface area contributed by atoms with Gasteiger partial charge in [0.05, 0.1) is 5.69 Å². The zero-order valence-electron chi connectivity index (χ0n) is 14.4. The summed E-state index contributed by atoms with van der Waals surface area (Å²) < 4.78 is 2.06. The Hall–Kier alpha value is -0.870. The second-order valence-corrected chi connectivity index (χ2v) is 7.63. The number of aromatic nitrogens is 2. The van der Waals surface area contributed by atoms with Crippen molar-refractivity contribution in [2.24, 2.45) is 0 Å². The highest BCUT2D eigenvalue weighted by Gasteiger charge is 2.24. The monoisotopic (exact) mass is 292 g/mol. The van der Waals surface area contributed by atoms with Gasteiger partial charge in [-0.05, 0) is 60.1 Å². The van der Waals surface area contributed by atoms with Crippen molar-refractivity contribution in [3.8, 4) is 0 Å². The zero-order valence-corrected chi connectivity index (χ0v) is 14.4. The van der Waals surface area contributed by atoms with Gasteiger partial charge in [-0.2, -0.15) is 5.10 Å². The lowest BCUT2D eigenvalue weighted by atomic mass is 10.00. The first-order chi connectivity index (χ1) is 9.85. The minimum Gasteiger partial charge on any atom is -0.311 e. The van der Waals surface area contributed by atoms with E-state index in [1.165, 1.54) is 31.5 Å². The molecule has 0 aliphatic carbocycles. The van der Waals surface area contributed by atoms with Crippen LogP contribution >= 0.6 is 0 Å². The summed E-state index contributed by atoms with van der Waals surface area (Å²) in [5, 5.41) is 8.37. The lowest BCUT2D eigenvalue weighted by Crippen LogP contribution is -2.49. The van der Waals surface area contributed by atoms with E-state index in [9.17, 15) is 0 Å². The minimum atomic E-state index is 0.197. The molecule has 0 spiro atoms. The molecule has 120 valence electrons. The van der Waals surface area contributed by atoms with E-state index in [0.717, 1.165) is 13.1 Å². The molecule has 0 amide bonds. The topological polar surface area (TPSA) is 33.1 Å². The van der Waals surface area contributed by atoms with Crippen LogP contribution in [0.25, 0.3) is 0 Å². The molecule has 1 atom stereocenters. The van der Waals surface area contributed by atoms with E-state index in [4.69, 9.17) is 5.10 Å². The normalized spacial score (nSPS) is 21.1. The molecule has 1 aromatic rings. The van der Waals surface area contributed by atoms with Gasteiger partial charge >= 0.3 is 0 Å². The Morgan fingerprint density at radius 3 is 2.71 bits per heavy atom. The van der Waals surface area contributed by atoms with Crippen LogP contribution in [-0.2, 0) is 6.54 Å². The molecule has 2 rings (SSSR count). The van der Waals surface area contributed by atoms with Crippen molar-refractivity contribution in [2.75, 3.05) is 13.1 Å². The number of hydrogen-bond donors (Lipinski definition) is 1. The van der Waals surface area contributed by atoms with E-state index in [1.54, 1.807) is 0 Å². The molecule has 0 saturated carbocycles. The first kappa shape index (κ1) is 16.5. The molecule has 1 saturated heterocycles. The first-order valence-electron chi connectivity index (χ1n) is 8.38. The van der Waals surface area contributed by atoms with Gasteiger partial charge in [0.2, 0.25) is 0 Å². The number of hydrogen-bond acceptors (Lipinski definition) is 3. The number of nitrogens with zero attached hydrogens (tertiary/aromatic N) is 3. The average Bonchev–Trinajstić information content (AvgIpc) is 2.85. The summed E-state index contributed by atoms with van der Waals surface area (Å²) in [4.78, 5) is 2.61. The first-order valence-corrected chi connectivity index (χ1v) is 8.38. The highest BCUT2D eigenvalue weighted by molar-refractivity contribution is 5.00. The van der Waals surface area contributed by atoms with E-state index in [-0.39, 0.29) is 5.54 Å². The molecule has 0 radical (unpaired) electrons. The summed E-state index contributed by atoms with van der Waals surface area (Å²) in [5.41, 5.74) is 1.40. The second kappa shape index (κ2) is 6.93. The van der Waals surface area contributed by atoms with Crippen LogP contribution in [0.5, 0.6) is 0 Å². The predicted octanol–water partition coefficient (Wildman–Crippen LogP) is 3.21. The Labute approximate surface area is 129 Å². The number of piperidine rings is 1. The van der Waals surface area contributed by atoms with Crippen LogP contribution in [0.1, 0.15) is 65.6 Å². The summed E-state index contributed by atoms with van der Waals surface area (Å²) in [7, 11) is 0. The summed E-state index contributed by atoms with van der Waals surface area (Å²) in [6, 6.07) is 3.25. The molecule has 1 aromatic heterocycles. The third kappa shape index (κ3) is 5.11. The summed E-state index contributed by atoms with van der Waals surface area (Å²) >= 11 is 0. The Morgan fingerprint density at radius 2 is 2.10 bits per heavy atom. The van der Waals surface area contributed by atoms with Crippen LogP contribution in [0.15, 0.2) is 12.3 Å². The number of rotatable bonds is 5. The lowest BCUT2D eigenvalue weighted by molar-refractivity contribution is 0.129. The van der Waals surface area contributed by atoms with Crippen LogP contribution < -0.4 is 5.32 Å². The summed E-state index contributed by atoms with van der Waals surface area (Å²) in [5.74, 6) is 0. The Bertz CT molecular complexity index is 430. The molecule has 0 bridgehead atoms. The van der Waals surface area contributed by atoms with Gasteiger partial charge in [0.25, 0.3) is 0 Å². The van der Waals surface area contributed by atoms with Crippen molar-refractivity contribution in [1.82, 2.24) is 20.0 Å². The molecule has 0 aromatic carbocycles. The van der Waals surface area contributed by atoms with Gasteiger partial charge in [0.1, 0.15) is 0 Å². The Balaban J connectivity index is 1.94. The van der Waals surface area contributed by atoms with Gasteiger partial charge in [-0.3, -0.25) is 9.58 Å². The molecule has 2 heterocycles. The van der Waals surface area contributed by atoms with Gasteiger partial charge in [-0.25, -0.2) is 0 Å². The van der Waals surface area contributed by atoms with Gasteiger partial charge in [0, 0.05) is 36.9 Å². The van der Waals surface area contributed by atoms with E-state index in [0.29, 0.717) is 12.1 Å². The smallest absolute Gasteiger partial charge is 0.0765 e. The van der Waals surface area contributed by atoms with Crippen LogP contribution in [0.3, 0.4) is 0 Å². The molecule has 1 aliphatic heterocycles. The maximum Gasteiger partial charge on any atom is 0.0765 e. The van der Waals surface area contributed by atoms with Gasteiger partial charge in [0.15, 0.2) is 0 Å². The summed E-state index contributed by atoms with van der Waals surface area (Å²) in [6.07, 6.45) is 6.07. The third-order valence-corrected chi connectivity index (χ3v) is 4.17. The second-order valence-electron chi connectivity index (χ2n) is 7.63. The van der Waals surface area contributed by atoms with E-state index in [1.807, 2.05) is 0 Å². The Kier molecular flexibility index (Phi) is 5.44. The number of likely N-dealkylation sites (tertiary alicyclic amines) is 1. The van der Waals surface area contributed by atoms with Crippen LogP contribution in [0.4, 0.5) is 0 Å². The zero-order chi connectivity index (χ0) is 15.5. The van der Waals surface area contributed by atoms with Crippen LogP contribution in [-0.4, -0.2) is 39.4 Å². The number of nitrogens with one attached hydrogen (secondary N) is 1. The average molecular weight is 292 g/mol. The van der Waals surface area contributed by atoms with Crippen LogP contribution in [0, 0.1) is 0 Å². The quantitative estimate of drug-likeness (QED) is 0.904. The molecular formula is C17H32N4. The molecule has 4 nitrogen and oxygen atoms in total. The van der Waals surface area contributed by atoms with Crippen molar-refractivity contribution in [1.29, 1.82) is 0 Å². The highest BCUT2D eigenvalue weighted by atomic mass is 15.3. The predicted molar refractivity (Wildman–Crippen MR) is 88.4 cm³/mol. The highest BCUT2D eigenvalue weighted by Crippen LogP contribution is 2.19. The third-order valence-electron chi connectivity index (χ3n) is 4.17. The minimum absolute atomic E-state index is 0.197. The standard InChI is InChI=1S/C17H32N4/c1-14(2)21-11-9-15(19-21)13-20-10-7-6-8-16(20)12-18-17(3,4)5/h9,11,14,16,18H,6-8,10,12-13H2,1-5H3. The molecule has 4 heteroatoms. The van der Waals surface area contributed by atoms with E-state index in [2.05, 4.69) is 61.8 Å². The van der Waals surface area contributed by atoms with Crippen molar-refractivity contribution in [2.45, 2.75) is 78.0 Å².